The summed E-state index contributed by atoms with van der Waals surface area (Å²) >= 11 is -4.58. The molecule has 1 aliphatic carbocycles. The topological polar surface area (TPSA) is 9.23 Å². The summed E-state index contributed by atoms with van der Waals surface area (Å²) in [7, 11) is -3.45. The van der Waals surface area contributed by atoms with Gasteiger partial charge in [0.2, 0.25) is 0 Å². The van der Waals surface area contributed by atoms with Gasteiger partial charge in [-0.1, -0.05) is 0 Å². The van der Waals surface area contributed by atoms with Crippen molar-refractivity contribution in [2.75, 3.05) is 0 Å². The second-order valence-corrected chi connectivity index (χ2v) is 31.5. The molecule has 40 heavy (non-hydrogen) atoms. The average molecular weight is 648 g/mol. The number of halogens is 2. The van der Waals surface area contributed by atoms with Crippen LogP contribution in [0.2, 0.25) is 37.8 Å². The molecule has 3 aromatic carbocycles. The van der Waals surface area contributed by atoms with Gasteiger partial charge >= 0.3 is 236 Å². The Morgan fingerprint density at radius 1 is 0.775 bits per heavy atom. The first kappa shape index (κ1) is 34.7. The van der Waals surface area contributed by atoms with E-state index in [-0.39, 0.29) is 29.9 Å². The van der Waals surface area contributed by atoms with Crippen LogP contribution in [0.4, 0.5) is 0 Å². The summed E-state index contributed by atoms with van der Waals surface area (Å²) in [6.45, 7) is 21.7. The van der Waals surface area contributed by atoms with Crippen LogP contribution in [0.5, 0.6) is 5.75 Å². The first-order chi connectivity index (χ1) is 17.6. The number of benzene rings is 3. The van der Waals surface area contributed by atoms with Crippen molar-refractivity contribution in [1.82, 2.24) is 0 Å². The zero-order valence-corrected chi connectivity index (χ0v) is 31.0. The van der Waals surface area contributed by atoms with Gasteiger partial charge in [0, 0.05) is 0 Å². The molecule has 1 aliphatic rings. The molecule has 0 spiro atoms. The van der Waals surface area contributed by atoms with Crippen molar-refractivity contribution in [2.24, 2.45) is 0 Å². The fourth-order valence-electron chi connectivity index (χ4n) is 5.85. The van der Waals surface area contributed by atoms with Gasteiger partial charge in [-0.25, -0.2) is 0 Å². The first-order valence-electron chi connectivity index (χ1n) is 13.9. The van der Waals surface area contributed by atoms with E-state index in [0.717, 1.165) is 12.2 Å². The second-order valence-electron chi connectivity index (χ2n) is 13.8. The molecule has 0 aliphatic heterocycles. The van der Waals surface area contributed by atoms with Gasteiger partial charge in [0.1, 0.15) is 0 Å². The van der Waals surface area contributed by atoms with Gasteiger partial charge in [0.15, 0.2) is 0 Å². The zero-order chi connectivity index (χ0) is 28.0. The van der Waals surface area contributed by atoms with E-state index in [4.69, 9.17) is 8.14 Å². The van der Waals surface area contributed by atoms with E-state index in [1.165, 1.54) is 27.6 Å². The van der Waals surface area contributed by atoms with Gasteiger partial charge in [0.25, 0.3) is 0 Å². The quantitative estimate of drug-likeness (QED) is 0.233. The molecule has 0 saturated carbocycles. The Bertz CT molecular complexity index is 1420. The number of rotatable bonds is 7. The molecule has 6 heteroatoms. The SMILES string of the molecule is Cl.Cl.[CH2]=[Ti]([O]c1cc(C)cc([Si](C)(C)C(C)(C)C)c1)([C]1=C([Si](C)(C)C)C=CC1)([c]1ccccc1)[c]1ccccc1. The maximum absolute atomic E-state index is 7.73. The molecule has 3 aromatic rings. The molecule has 4 rings (SSSR count). The van der Waals surface area contributed by atoms with E-state index >= 15 is 0 Å². The third-order valence-electron chi connectivity index (χ3n) is 9.14. The Morgan fingerprint density at radius 3 is 1.73 bits per heavy atom. The molecular weight excluding hydrogens is 599 g/mol. The van der Waals surface area contributed by atoms with Gasteiger partial charge in [0.05, 0.1) is 0 Å². The van der Waals surface area contributed by atoms with Crippen LogP contribution in [0, 0.1) is 6.92 Å². The second kappa shape index (κ2) is 12.0. The molecule has 0 unspecified atom stereocenters. The van der Waals surface area contributed by atoms with Crippen LogP contribution in [-0.4, -0.2) is 21.0 Å². The van der Waals surface area contributed by atoms with Crippen molar-refractivity contribution in [1.29, 1.82) is 0 Å². The molecule has 0 radical (unpaired) electrons. The van der Waals surface area contributed by atoms with Crippen molar-refractivity contribution in [3.63, 3.8) is 0 Å². The Labute approximate surface area is 258 Å². The van der Waals surface area contributed by atoms with Crippen molar-refractivity contribution in [2.45, 2.75) is 71.9 Å². The predicted molar refractivity (Wildman–Crippen MR) is 187 cm³/mol. The summed E-state index contributed by atoms with van der Waals surface area (Å²) in [6.07, 6.45) is 5.65. The zero-order valence-electron chi connectivity index (χ0n) is 25.8. The van der Waals surface area contributed by atoms with Crippen LogP contribution in [0.15, 0.2) is 100 Å². The number of hydrogen-bond acceptors (Lipinski definition) is 1. The number of aryl methyl sites for hydroxylation is 1. The monoisotopic (exact) mass is 646 g/mol. The minimum atomic E-state index is -4.58. The van der Waals surface area contributed by atoms with E-state index < -0.39 is 31.4 Å². The first-order valence-corrected chi connectivity index (χ1v) is 24.5. The fraction of sp³-hybridized carbons (Fsp3) is 0.324. The molecule has 0 heterocycles. The number of allylic oxidation sites excluding steroid dienone is 4. The molecule has 0 atom stereocenters. The van der Waals surface area contributed by atoms with Crippen molar-refractivity contribution in [3.05, 3.63) is 106 Å². The molecule has 0 amide bonds. The van der Waals surface area contributed by atoms with Gasteiger partial charge in [-0.3, -0.25) is 0 Å². The van der Waals surface area contributed by atoms with E-state index in [9.17, 15) is 0 Å². The fourth-order valence-corrected chi connectivity index (χ4v) is 20.1. The standard InChI is InChI=1S/C13H22OSi.C8H13Si.2C6H5.CH2.2ClH.Ti/c1-10-7-11(14)9-12(8-10)15(5,6)13(2,3)4;1-9(2,3)8-6-4-5-7-8;2*1-2-4-6-5-3-1;;;;/h7-9,14H,1-6H3;4,6H,5H2,1-3H3;2*1-5H;1H2;2*1H;/q;;;;;;;+1/p-1. The van der Waals surface area contributed by atoms with E-state index in [1.807, 2.05) is 0 Å². The van der Waals surface area contributed by atoms with Crippen LogP contribution in [0.25, 0.3) is 0 Å². The summed E-state index contributed by atoms with van der Waals surface area (Å²) in [5, 5.41) is 3.20. The Balaban J connectivity index is 0.00000280. The van der Waals surface area contributed by atoms with Crippen molar-refractivity contribution < 1.29 is 18.5 Å². The van der Waals surface area contributed by atoms with E-state index in [1.54, 1.807) is 0 Å². The number of hydrogen-bond donors (Lipinski definition) is 0. The normalized spacial score (nSPS) is 14.4. The van der Waals surface area contributed by atoms with Crippen LogP contribution in [0.1, 0.15) is 32.8 Å². The average Bonchev–Trinajstić information content (AvgIpc) is 3.36. The molecule has 1 nitrogen and oxygen atoms in total. The molecule has 0 saturated heterocycles. The van der Waals surface area contributed by atoms with Crippen LogP contribution in [-0.2, 0) is 15.2 Å². The van der Waals surface area contributed by atoms with Crippen LogP contribution >= 0.6 is 24.8 Å². The maximum atomic E-state index is 7.73. The molecule has 0 bridgehead atoms. The van der Waals surface area contributed by atoms with Gasteiger partial charge in [-0.15, -0.1) is 24.8 Å². The van der Waals surface area contributed by atoms with E-state index in [0.29, 0.717) is 0 Å². The molecule has 0 N–H and O–H groups in total. The summed E-state index contributed by atoms with van der Waals surface area (Å²) in [4.78, 5) is 5.36. The minimum absolute atomic E-state index is 0. The van der Waals surface area contributed by atoms with Gasteiger partial charge < -0.3 is 0 Å². The predicted octanol–water partition coefficient (Wildman–Crippen LogP) is 8.71. The molecule has 216 valence electrons. The third kappa shape index (κ3) is 6.02. The van der Waals surface area contributed by atoms with Crippen LogP contribution in [0.3, 0.4) is 0 Å². The van der Waals surface area contributed by atoms with Gasteiger partial charge in [-0.2, -0.15) is 0 Å². The summed E-state index contributed by atoms with van der Waals surface area (Å²) in [5.41, 5.74) is 1.26. The van der Waals surface area contributed by atoms with Gasteiger partial charge in [-0.05, 0) is 0 Å². The summed E-state index contributed by atoms with van der Waals surface area (Å²) in [6, 6.07) is 28.9. The molecule has 0 fully saturated rings. The van der Waals surface area contributed by atoms with Crippen LogP contribution < -0.4 is 16.2 Å². The Morgan fingerprint density at radius 2 is 1.27 bits per heavy atom. The summed E-state index contributed by atoms with van der Waals surface area (Å²) in [5.74, 6) is 0.971. The van der Waals surface area contributed by atoms with Crippen molar-refractivity contribution >= 4 is 58.7 Å². The molecule has 0 aromatic heterocycles. The third-order valence-corrected chi connectivity index (χ3v) is 25.8. The Hall–Kier alpha value is -1.46. The molecular formula is C34H48Cl2OSi2Ti. The summed E-state index contributed by atoms with van der Waals surface area (Å²) < 4.78 is 11.7. The Kier molecular flexibility index (Phi) is 10.4. The van der Waals surface area contributed by atoms with Crippen molar-refractivity contribution in [3.8, 4) is 5.75 Å². The van der Waals surface area contributed by atoms with E-state index in [2.05, 4.69) is 151 Å².